The largest absolute Gasteiger partial charge is 1.00 e. The standard InChI is InChI=1S/C11H14N4O2S.N3.Na/c12-14-13-8-11-6-7-18(16,17)15(11)9-10-4-2-1-3-5-10;1-3-2;/h1-5,11H,6-9H2;;/q;-1;+1. The number of azide groups is 1. The summed E-state index contributed by atoms with van der Waals surface area (Å²) in [5.41, 5.74) is 22.8. The van der Waals surface area contributed by atoms with Gasteiger partial charge in [0.1, 0.15) is 0 Å². The van der Waals surface area contributed by atoms with E-state index in [-0.39, 0.29) is 47.9 Å². The van der Waals surface area contributed by atoms with E-state index in [1.807, 2.05) is 30.3 Å². The van der Waals surface area contributed by atoms with Gasteiger partial charge in [0, 0.05) is 24.0 Å². The molecule has 0 amide bonds. The quantitative estimate of drug-likeness (QED) is 0.325. The van der Waals surface area contributed by atoms with Crippen molar-refractivity contribution in [3.63, 3.8) is 0 Å². The van der Waals surface area contributed by atoms with Gasteiger partial charge in [0.15, 0.2) is 0 Å². The summed E-state index contributed by atoms with van der Waals surface area (Å²) in [4.78, 5) is 4.19. The first kappa shape index (κ1) is 20.8. The van der Waals surface area contributed by atoms with Gasteiger partial charge in [-0.3, -0.25) is 4.91 Å². The Morgan fingerprint density at radius 2 is 1.82 bits per heavy atom. The van der Waals surface area contributed by atoms with Gasteiger partial charge in [-0.05, 0) is 17.5 Å². The second-order valence-electron chi connectivity index (χ2n) is 4.29. The van der Waals surface area contributed by atoms with E-state index in [0.29, 0.717) is 13.0 Å². The second-order valence-corrected chi connectivity index (χ2v) is 6.33. The van der Waals surface area contributed by atoms with E-state index >= 15 is 0 Å². The zero-order valence-corrected chi connectivity index (χ0v) is 15.0. The average Bonchev–Trinajstić information content (AvgIpc) is 2.74. The molecule has 11 heteroatoms. The Bertz CT molecular complexity index is 640. The Labute approximate surface area is 150 Å². The van der Waals surface area contributed by atoms with Gasteiger partial charge in [0.25, 0.3) is 0 Å². The molecule has 0 spiro atoms. The first-order valence-electron chi connectivity index (χ1n) is 6.08. The van der Waals surface area contributed by atoms with E-state index in [2.05, 4.69) is 10.0 Å². The van der Waals surface area contributed by atoms with E-state index in [4.69, 9.17) is 16.6 Å². The molecule has 1 unspecified atom stereocenters. The Morgan fingerprint density at radius 1 is 1.23 bits per heavy atom. The summed E-state index contributed by atoms with van der Waals surface area (Å²) in [6, 6.07) is 9.20. The van der Waals surface area contributed by atoms with Crippen molar-refractivity contribution in [1.82, 2.24) is 4.31 Å². The van der Waals surface area contributed by atoms with Crippen molar-refractivity contribution in [1.29, 1.82) is 0 Å². The smallest absolute Gasteiger partial charge is 0.373 e. The van der Waals surface area contributed by atoms with Crippen LogP contribution in [0.4, 0.5) is 0 Å². The molecule has 1 atom stereocenters. The first-order valence-corrected chi connectivity index (χ1v) is 7.69. The van der Waals surface area contributed by atoms with Gasteiger partial charge >= 0.3 is 29.6 Å². The van der Waals surface area contributed by atoms with Gasteiger partial charge in [-0.15, -0.1) is 0 Å². The van der Waals surface area contributed by atoms with Crippen molar-refractivity contribution in [3.05, 3.63) is 62.3 Å². The monoisotopic (exact) mass is 331 g/mol. The molecule has 0 bridgehead atoms. The topological polar surface area (TPSA) is 145 Å². The Morgan fingerprint density at radius 3 is 2.36 bits per heavy atom. The van der Waals surface area contributed by atoms with Crippen LogP contribution in [0.1, 0.15) is 12.0 Å². The zero-order valence-electron chi connectivity index (χ0n) is 12.1. The Hall–Kier alpha value is -1.25. The van der Waals surface area contributed by atoms with Crippen LogP contribution in [0, 0.1) is 0 Å². The molecular weight excluding hydrogens is 317 g/mol. The van der Waals surface area contributed by atoms with Crippen molar-refractivity contribution >= 4 is 10.0 Å². The Kier molecular flexibility index (Phi) is 9.88. The van der Waals surface area contributed by atoms with Crippen LogP contribution < -0.4 is 29.6 Å². The number of nitrogens with zero attached hydrogens (tertiary/aromatic N) is 7. The average molecular weight is 331 g/mol. The third-order valence-electron chi connectivity index (χ3n) is 3.01. The molecule has 0 aliphatic carbocycles. The van der Waals surface area contributed by atoms with Gasteiger partial charge in [-0.25, -0.2) is 8.42 Å². The predicted octanol–water partition coefficient (Wildman–Crippen LogP) is -0.229. The maximum atomic E-state index is 11.9. The summed E-state index contributed by atoms with van der Waals surface area (Å²) >= 11 is 0. The molecule has 0 N–H and O–H groups in total. The second kappa shape index (κ2) is 10.5. The van der Waals surface area contributed by atoms with Crippen molar-refractivity contribution in [2.45, 2.75) is 19.0 Å². The van der Waals surface area contributed by atoms with Crippen LogP contribution in [0.15, 0.2) is 35.4 Å². The third kappa shape index (κ3) is 6.25. The van der Waals surface area contributed by atoms with E-state index in [1.54, 1.807) is 0 Å². The predicted molar refractivity (Wildman–Crippen MR) is 78.3 cm³/mol. The minimum Gasteiger partial charge on any atom is -0.373 e. The molecular formula is C11H14N7NaO2S. The van der Waals surface area contributed by atoms with E-state index in [9.17, 15) is 8.42 Å². The third-order valence-corrected chi connectivity index (χ3v) is 4.90. The molecule has 2 rings (SSSR count). The number of rotatable bonds is 4. The van der Waals surface area contributed by atoms with Crippen LogP contribution in [0.5, 0.6) is 0 Å². The van der Waals surface area contributed by atoms with Gasteiger partial charge in [-0.2, -0.15) is 4.31 Å². The van der Waals surface area contributed by atoms with Crippen LogP contribution in [-0.2, 0) is 16.6 Å². The molecule has 1 aromatic rings. The van der Waals surface area contributed by atoms with Crippen LogP contribution in [0.25, 0.3) is 26.4 Å². The van der Waals surface area contributed by atoms with Crippen LogP contribution in [-0.4, -0.2) is 31.1 Å². The summed E-state index contributed by atoms with van der Waals surface area (Å²) in [5.74, 6) is 0.130. The maximum absolute atomic E-state index is 11.9. The number of benzene rings is 1. The maximum Gasteiger partial charge on any atom is 1.00 e. The fourth-order valence-electron chi connectivity index (χ4n) is 2.08. The summed E-state index contributed by atoms with van der Waals surface area (Å²) in [5, 5.41) is 3.49. The molecule has 0 saturated carbocycles. The SMILES string of the molecule is [N-]=[N+]=NCC1CCS(=O)(=O)N1Cc1ccccc1.[N-]=[N+]=[N-].[Na+]. The van der Waals surface area contributed by atoms with Gasteiger partial charge < -0.3 is 11.1 Å². The molecule has 112 valence electrons. The van der Waals surface area contributed by atoms with Crippen LogP contribution in [0.3, 0.4) is 0 Å². The number of sulfonamides is 1. The van der Waals surface area contributed by atoms with Gasteiger partial charge in [0.05, 0.1) is 5.75 Å². The van der Waals surface area contributed by atoms with E-state index < -0.39 is 10.0 Å². The molecule has 1 heterocycles. The molecule has 22 heavy (non-hydrogen) atoms. The fraction of sp³-hybridized carbons (Fsp3) is 0.455. The summed E-state index contributed by atoms with van der Waals surface area (Å²) < 4.78 is 25.3. The van der Waals surface area contributed by atoms with Crippen LogP contribution >= 0.6 is 0 Å². The number of hydrogen-bond donors (Lipinski definition) is 0. The summed E-state index contributed by atoms with van der Waals surface area (Å²) in [6.45, 7) is 0.539. The molecule has 0 aromatic heterocycles. The summed E-state index contributed by atoms with van der Waals surface area (Å²) in [6.07, 6.45) is 0.522. The molecule has 0 radical (unpaired) electrons. The van der Waals surface area contributed by atoms with Crippen molar-refractivity contribution < 1.29 is 38.0 Å². The fourth-order valence-corrected chi connectivity index (χ4v) is 3.85. The van der Waals surface area contributed by atoms with Crippen LogP contribution in [0.2, 0.25) is 0 Å². The van der Waals surface area contributed by atoms with Gasteiger partial charge in [-0.1, -0.05) is 35.4 Å². The molecule has 1 fully saturated rings. The van der Waals surface area contributed by atoms with Gasteiger partial charge in [0.2, 0.25) is 10.0 Å². The summed E-state index contributed by atoms with van der Waals surface area (Å²) in [7, 11) is -3.21. The zero-order chi connectivity index (χ0) is 15.7. The van der Waals surface area contributed by atoms with E-state index in [1.165, 1.54) is 9.22 Å². The van der Waals surface area contributed by atoms with Crippen molar-refractivity contribution in [2.75, 3.05) is 12.3 Å². The number of hydrogen-bond acceptors (Lipinski definition) is 3. The molecule has 1 aliphatic rings. The normalized spacial score (nSPS) is 18.8. The van der Waals surface area contributed by atoms with Crippen molar-refractivity contribution in [2.24, 2.45) is 5.11 Å². The molecule has 1 saturated heterocycles. The molecule has 9 nitrogen and oxygen atoms in total. The minimum absolute atomic E-state index is 0. The first-order chi connectivity index (χ1) is 10.0. The molecule has 1 aromatic carbocycles. The Balaban J connectivity index is 0.00000102. The van der Waals surface area contributed by atoms with E-state index in [0.717, 1.165) is 5.56 Å². The molecule has 1 aliphatic heterocycles. The minimum atomic E-state index is -3.21. The van der Waals surface area contributed by atoms with Crippen molar-refractivity contribution in [3.8, 4) is 0 Å².